The number of rotatable bonds is 9. The molecule has 1 heterocycles. The van der Waals surface area contributed by atoms with Crippen LogP contribution in [0.4, 0.5) is 0 Å². The van der Waals surface area contributed by atoms with Gasteiger partial charge in [0.1, 0.15) is 0 Å². The molecule has 1 amide bonds. The molecule has 5 heteroatoms. The van der Waals surface area contributed by atoms with Gasteiger partial charge in [-0.2, -0.15) is 0 Å². The highest BCUT2D eigenvalue weighted by Crippen LogP contribution is 2.09. The van der Waals surface area contributed by atoms with Crippen LogP contribution < -0.4 is 5.32 Å². The first kappa shape index (κ1) is 14.9. The molecule has 0 atom stereocenters. The minimum atomic E-state index is -0.0692. The summed E-state index contributed by atoms with van der Waals surface area (Å²) in [6, 6.07) is 3.93. The highest BCUT2D eigenvalue weighted by atomic mass is 32.1. The van der Waals surface area contributed by atoms with Gasteiger partial charge in [-0.1, -0.05) is 6.07 Å². The zero-order valence-corrected chi connectivity index (χ0v) is 11.4. The van der Waals surface area contributed by atoms with Crippen molar-refractivity contribution in [3.05, 3.63) is 28.5 Å². The number of nitrogens with one attached hydrogen (secondary N) is 1. The van der Waals surface area contributed by atoms with Crippen LogP contribution in [0.2, 0.25) is 0 Å². The van der Waals surface area contributed by atoms with Crippen molar-refractivity contribution in [2.24, 2.45) is 0 Å². The van der Waals surface area contributed by atoms with Crippen molar-refractivity contribution in [2.45, 2.75) is 6.42 Å². The fourth-order valence-electron chi connectivity index (χ4n) is 1.23. The molecule has 0 unspecified atom stereocenters. The number of ether oxygens (including phenoxy) is 2. The number of carbonyl (C=O) groups is 1. The Morgan fingerprint density at radius 1 is 1.44 bits per heavy atom. The minimum absolute atomic E-state index is 0.0692. The Labute approximate surface area is 112 Å². The van der Waals surface area contributed by atoms with Crippen molar-refractivity contribution in [3.63, 3.8) is 0 Å². The summed E-state index contributed by atoms with van der Waals surface area (Å²) in [5.41, 5.74) is 0. The third-order valence-corrected chi connectivity index (χ3v) is 2.98. The van der Waals surface area contributed by atoms with E-state index in [1.54, 1.807) is 24.5 Å². The van der Waals surface area contributed by atoms with Crippen LogP contribution in [0, 0.1) is 0 Å². The van der Waals surface area contributed by atoms with E-state index in [1.165, 1.54) is 0 Å². The van der Waals surface area contributed by atoms with Crippen molar-refractivity contribution < 1.29 is 14.3 Å². The molecule has 1 rings (SSSR count). The van der Waals surface area contributed by atoms with Crippen LogP contribution in [0.15, 0.2) is 23.6 Å². The van der Waals surface area contributed by atoms with Gasteiger partial charge < -0.3 is 14.8 Å². The van der Waals surface area contributed by atoms with Crippen molar-refractivity contribution in [2.75, 3.05) is 33.5 Å². The number of amides is 1. The molecule has 0 aliphatic carbocycles. The molecule has 0 aliphatic heterocycles. The second-order valence-corrected chi connectivity index (χ2v) is 4.58. The van der Waals surface area contributed by atoms with E-state index in [0.717, 1.165) is 11.3 Å². The van der Waals surface area contributed by atoms with Gasteiger partial charge in [0, 0.05) is 31.2 Å². The van der Waals surface area contributed by atoms with Gasteiger partial charge in [-0.25, -0.2) is 0 Å². The van der Waals surface area contributed by atoms with Crippen molar-refractivity contribution >= 4 is 23.3 Å². The Kier molecular flexibility index (Phi) is 8.12. The standard InChI is InChI=1S/C13H19NO3S/c1-16-9-10-17-8-3-7-14-13(15)6-5-12-4-2-11-18-12/h2,4-6,11H,3,7-10H2,1H3,(H,14,15)/b6-5+. The van der Waals surface area contributed by atoms with E-state index in [-0.39, 0.29) is 5.91 Å². The van der Waals surface area contributed by atoms with Gasteiger partial charge >= 0.3 is 0 Å². The van der Waals surface area contributed by atoms with E-state index in [9.17, 15) is 4.79 Å². The summed E-state index contributed by atoms with van der Waals surface area (Å²) >= 11 is 1.61. The first-order chi connectivity index (χ1) is 8.83. The Morgan fingerprint density at radius 2 is 2.33 bits per heavy atom. The van der Waals surface area contributed by atoms with Crippen LogP contribution in [0.3, 0.4) is 0 Å². The molecule has 0 saturated heterocycles. The number of carbonyl (C=O) groups excluding carboxylic acids is 1. The van der Waals surface area contributed by atoms with Gasteiger partial charge in [0.15, 0.2) is 0 Å². The lowest BCUT2D eigenvalue weighted by atomic mass is 10.4. The maximum Gasteiger partial charge on any atom is 0.244 e. The maximum absolute atomic E-state index is 11.4. The lowest BCUT2D eigenvalue weighted by molar-refractivity contribution is -0.116. The number of thiophene rings is 1. The van der Waals surface area contributed by atoms with E-state index in [2.05, 4.69) is 5.32 Å². The smallest absolute Gasteiger partial charge is 0.244 e. The normalized spacial score (nSPS) is 10.9. The minimum Gasteiger partial charge on any atom is -0.382 e. The predicted octanol–water partition coefficient (Wildman–Crippen LogP) is 1.93. The summed E-state index contributed by atoms with van der Waals surface area (Å²) in [6.45, 7) is 2.47. The van der Waals surface area contributed by atoms with Crippen molar-refractivity contribution in [1.82, 2.24) is 5.32 Å². The van der Waals surface area contributed by atoms with Crippen molar-refractivity contribution in [3.8, 4) is 0 Å². The number of methoxy groups -OCH3 is 1. The summed E-state index contributed by atoms with van der Waals surface area (Å²) in [4.78, 5) is 12.5. The zero-order chi connectivity index (χ0) is 13.1. The molecule has 0 spiro atoms. The van der Waals surface area contributed by atoms with Gasteiger partial charge in [-0.3, -0.25) is 4.79 Å². The van der Waals surface area contributed by atoms with E-state index in [4.69, 9.17) is 9.47 Å². The molecule has 4 nitrogen and oxygen atoms in total. The molecule has 18 heavy (non-hydrogen) atoms. The molecule has 0 saturated carbocycles. The molecule has 0 fully saturated rings. The first-order valence-electron chi connectivity index (χ1n) is 5.89. The van der Waals surface area contributed by atoms with E-state index < -0.39 is 0 Å². The molecule has 100 valence electrons. The fourth-order valence-corrected chi connectivity index (χ4v) is 1.85. The topological polar surface area (TPSA) is 47.6 Å². The fraction of sp³-hybridized carbons (Fsp3) is 0.462. The molecular weight excluding hydrogens is 250 g/mol. The summed E-state index contributed by atoms with van der Waals surface area (Å²) in [6.07, 6.45) is 4.18. The molecular formula is C13H19NO3S. The second kappa shape index (κ2) is 9.82. The Bertz CT molecular complexity index is 349. The number of hydrogen-bond acceptors (Lipinski definition) is 4. The van der Waals surface area contributed by atoms with Crippen LogP contribution >= 0.6 is 11.3 Å². The van der Waals surface area contributed by atoms with Crippen LogP contribution in [-0.2, 0) is 14.3 Å². The monoisotopic (exact) mass is 269 g/mol. The Hall–Kier alpha value is -1.17. The van der Waals surface area contributed by atoms with E-state index >= 15 is 0 Å². The predicted molar refractivity (Wildman–Crippen MR) is 73.7 cm³/mol. The molecule has 0 bridgehead atoms. The average molecular weight is 269 g/mol. The average Bonchev–Trinajstić information content (AvgIpc) is 2.88. The highest BCUT2D eigenvalue weighted by molar-refractivity contribution is 7.10. The van der Waals surface area contributed by atoms with Gasteiger partial charge in [-0.05, 0) is 23.9 Å². The third-order valence-electron chi connectivity index (χ3n) is 2.14. The number of hydrogen-bond donors (Lipinski definition) is 1. The summed E-state index contributed by atoms with van der Waals surface area (Å²) in [5.74, 6) is -0.0692. The highest BCUT2D eigenvalue weighted by Gasteiger charge is 1.95. The third kappa shape index (κ3) is 7.21. The lowest BCUT2D eigenvalue weighted by Gasteiger charge is -2.04. The molecule has 0 aliphatic rings. The maximum atomic E-state index is 11.4. The molecule has 0 radical (unpaired) electrons. The molecule has 1 aromatic heterocycles. The molecule has 1 N–H and O–H groups in total. The Morgan fingerprint density at radius 3 is 3.06 bits per heavy atom. The van der Waals surface area contributed by atoms with E-state index in [0.29, 0.717) is 26.4 Å². The zero-order valence-electron chi connectivity index (χ0n) is 10.6. The molecule has 1 aromatic rings. The molecule has 0 aromatic carbocycles. The van der Waals surface area contributed by atoms with Crippen LogP contribution in [0.25, 0.3) is 6.08 Å². The summed E-state index contributed by atoms with van der Waals surface area (Å²) in [5, 5.41) is 4.78. The Balaban J connectivity index is 2.00. The second-order valence-electron chi connectivity index (χ2n) is 3.60. The quantitative estimate of drug-likeness (QED) is 0.550. The van der Waals surface area contributed by atoms with Crippen LogP contribution in [0.5, 0.6) is 0 Å². The van der Waals surface area contributed by atoms with Crippen LogP contribution in [0.1, 0.15) is 11.3 Å². The van der Waals surface area contributed by atoms with E-state index in [1.807, 2.05) is 23.6 Å². The van der Waals surface area contributed by atoms with Gasteiger partial charge in [0.25, 0.3) is 0 Å². The van der Waals surface area contributed by atoms with Crippen molar-refractivity contribution in [1.29, 1.82) is 0 Å². The first-order valence-corrected chi connectivity index (χ1v) is 6.77. The van der Waals surface area contributed by atoms with Crippen LogP contribution in [-0.4, -0.2) is 39.4 Å². The van der Waals surface area contributed by atoms with Gasteiger partial charge in [0.2, 0.25) is 5.91 Å². The largest absolute Gasteiger partial charge is 0.382 e. The SMILES string of the molecule is COCCOCCCNC(=O)/C=C/c1cccs1. The summed E-state index contributed by atoms with van der Waals surface area (Å²) < 4.78 is 10.1. The lowest BCUT2D eigenvalue weighted by Crippen LogP contribution is -2.23. The van der Waals surface area contributed by atoms with Gasteiger partial charge in [0.05, 0.1) is 13.2 Å². The summed E-state index contributed by atoms with van der Waals surface area (Å²) in [7, 11) is 1.64. The van der Waals surface area contributed by atoms with Gasteiger partial charge in [-0.15, -0.1) is 11.3 Å².